The molecule has 0 aliphatic carbocycles. The fourth-order valence-corrected chi connectivity index (χ4v) is 1.34. The highest BCUT2D eigenvalue weighted by molar-refractivity contribution is 6.30. The van der Waals surface area contributed by atoms with E-state index in [0.29, 0.717) is 10.6 Å². The summed E-state index contributed by atoms with van der Waals surface area (Å²) < 4.78 is 28.2. The maximum atomic E-state index is 12.0. The van der Waals surface area contributed by atoms with Gasteiger partial charge in [-0.2, -0.15) is 8.78 Å². The van der Waals surface area contributed by atoms with Crippen LogP contribution in [0.15, 0.2) is 30.9 Å². The molecule has 1 unspecified atom stereocenters. The van der Waals surface area contributed by atoms with Crippen LogP contribution in [0.4, 0.5) is 8.78 Å². The van der Waals surface area contributed by atoms with Crippen LogP contribution in [-0.4, -0.2) is 6.61 Å². The van der Waals surface area contributed by atoms with Crippen molar-refractivity contribution in [3.05, 3.63) is 48.4 Å². The fraction of sp³-hybridized carbons (Fsp3) is 0.182. The van der Waals surface area contributed by atoms with Gasteiger partial charge < -0.3 is 4.74 Å². The second-order valence-electron chi connectivity index (χ2n) is 2.94. The molecule has 1 atom stereocenters. The lowest BCUT2D eigenvalue weighted by Gasteiger charge is -2.10. The number of ether oxygens (including phenoxy) is 1. The number of benzene rings is 1. The molecule has 15 heavy (non-hydrogen) atoms. The number of alkyl halides is 2. The average Bonchev–Trinajstić information content (AvgIpc) is 2.14. The molecule has 1 aromatic carbocycles. The van der Waals surface area contributed by atoms with E-state index in [1.165, 1.54) is 12.1 Å². The van der Waals surface area contributed by atoms with Crippen molar-refractivity contribution < 1.29 is 13.5 Å². The third-order valence-electron chi connectivity index (χ3n) is 1.83. The zero-order valence-electron chi connectivity index (χ0n) is 7.92. The van der Waals surface area contributed by atoms with E-state index < -0.39 is 6.61 Å². The molecule has 0 saturated heterocycles. The van der Waals surface area contributed by atoms with Crippen LogP contribution in [0.25, 0.3) is 0 Å². The lowest BCUT2D eigenvalue weighted by atomic mass is 10.0. The highest BCUT2D eigenvalue weighted by Gasteiger charge is 2.09. The number of halogens is 3. The summed E-state index contributed by atoms with van der Waals surface area (Å²) in [6.07, 6.45) is 1.60. The van der Waals surface area contributed by atoms with Crippen molar-refractivity contribution >= 4 is 11.6 Å². The standard InChI is InChI=1S/C11H10ClF2O/c1-3-7(2)8-4-9(12)6-10(5-8)15-11(13)14/h3-7,11H,1-2H2. The van der Waals surface area contributed by atoms with Gasteiger partial charge in [0, 0.05) is 10.9 Å². The first kappa shape index (κ1) is 12.0. The smallest absolute Gasteiger partial charge is 0.387 e. The Bertz CT molecular complexity index is 352. The summed E-state index contributed by atoms with van der Waals surface area (Å²) >= 11 is 5.75. The van der Waals surface area contributed by atoms with Crippen LogP contribution in [0.3, 0.4) is 0 Å². The highest BCUT2D eigenvalue weighted by atomic mass is 35.5. The molecule has 1 radical (unpaired) electrons. The first-order chi connectivity index (χ1) is 7.02. The quantitative estimate of drug-likeness (QED) is 0.711. The normalized spacial score (nSPS) is 12.6. The Hall–Kier alpha value is -1.09. The monoisotopic (exact) mass is 231 g/mol. The highest BCUT2D eigenvalue weighted by Crippen LogP contribution is 2.27. The fourth-order valence-electron chi connectivity index (χ4n) is 1.11. The van der Waals surface area contributed by atoms with Crippen molar-refractivity contribution in [1.29, 1.82) is 0 Å². The molecule has 1 rings (SSSR count). The van der Waals surface area contributed by atoms with E-state index in [1.807, 2.05) is 0 Å². The predicted octanol–water partition coefficient (Wildman–Crippen LogP) is 4.05. The Kier molecular flexibility index (Phi) is 4.09. The van der Waals surface area contributed by atoms with E-state index in [1.54, 1.807) is 12.1 Å². The summed E-state index contributed by atoms with van der Waals surface area (Å²) in [5.74, 6) is -0.174. The van der Waals surface area contributed by atoms with Gasteiger partial charge in [-0.3, -0.25) is 0 Å². The summed E-state index contributed by atoms with van der Waals surface area (Å²) in [5, 5.41) is 0.332. The molecule has 0 aliphatic rings. The molecule has 0 bridgehead atoms. The van der Waals surface area contributed by atoms with Gasteiger partial charge in [0.1, 0.15) is 5.75 Å². The van der Waals surface area contributed by atoms with Gasteiger partial charge in [-0.25, -0.2) is 0 Å². The van der Waals surface area contributed by atoms with E-state index in [9.17, 15) is 8.78 Å². The van der Waals surface area contributed by atoms with Crippen LogP contribution in [0.5, 0.6) is 5.75 Å². The minimum atomic E-state index is -2.86. The summed E-state index contributed by atoms with van der Waals surface area (Å²) in [6, 6.07) is 4.43. The lowest BCUT2D eigenvalue weighted by molar-refractivity contribution is -0.0498. The van der Waals surface area contributed by atoms with Crippen LogP contribution < -0.4 is 4.74 Å². The molecule has 1 aromatic rings. The van der Waals surface area contributed by atoms with E-state index >= 15 is 0 Å². The molecule has 0 amide bonds. The van der Waals surface area contributed by atoms with Gasteiger partial charge in [0.2, 0.25) is 0 Å². The van der Waals surface area contributed by atoms with E-state index in [0.717, 1.165) is 0 Å². The van der Waals surface area contributed by atoms with Crippen molar-refractivity contribution in [1.82, 2.24) is 0 Å². The molecular formula is C11H10ClF2O. The van der Waals surface area contributed by atoms with Gasteiger partial charge >= 0.3 is 6.61 Å². The molecule has 0 N–H and O–H groups in total. The van der Waals surface area contributed by atoms with Gasteiger partial charge in [0.05, 0.1) is 0 Å². The van der Waals surface area contributed by atoms with Crippen LogP contribution in [0.1, 0.15) is 11.5 Å². The van der Waals surface area contributed by atoms with Gasteiger partial charge in [-0.15, -0.1) is 6.58 Å². The maximum Gasteiger partial charge on any atom is 0.387 e. The first-order valence-corrected chi connectivity index (χ1v) is 4.61. The summed E-state index contributed by atoms with van der Waals surface area (Å²) in [7, 11) is 0. The van der Waals surface area contributed by atoms with Gasteiger partial charge in [0.25, 0.3) is 0 Å². The largest absolute Gasteiger partial charge is 0.435 e. The van der Waals surface area contributed by atoms with Crippen molar-refractivity contribution in [2.24, 2.45) is 0 Å². The van der Waals surface area contributed by atoms with Gasteiger partial charge in [-0.1, -0.05) is 17.7 Å². The predicted molar refractivity (Wildman–Crippen MR) is 56.4 cm³/mol. The van der Waals surface area contributed by atoms with Crippen LogP contribution >= 0.6 is 11.6 Å². The van der Waals surface area contributed by atoms with E-state index in [4.69, 9.17) is 11.6 Å². The summed E-state index contributed by atoms with van der Waals surface area (Å²) in [6.45, 7) is 4.47. The Labute approximate surface area is 92.3 Å². The average molecular weight is 232 g/mol. The minimum Gasteiger partial charge on any atom is -0.435 e. The Morgan fingerprint density at radius 2 is 2.00 bits per heavy atom. The van der Waals surface area contributed by atoms with E-state index in [2.05, 4.69) is 18.2 Å². The number of rotatable bonds is 4. The molecule has 0 aliphatic heterocycles. The van der Waals surface area contributed by atoms with Crippen molar-refractivity contribution in [2.75, 3.05) is 0 Å². The maximum absolute atomic E-state index is 12.0. The zero-order chi connectivity index (χ0) is 11.4. The van der Waals surface area contributed by atoms with Crippen molar-refractivity contribution in [2.45, 2.75) is 12.5 Å². The Balaban J connectivity index is 2.99. The molecule has 0 spiro atoms. The lowest BCUT2D eigenvalue weighted by Crippen LogP contribution is -2.02. The molecule has 0 fully saturated rings. The van der Waals surface area contributed by atoms with E-state index in [-0.39, 0.29) is 11.7 Å². The van der Waals surface area contributed by atoms with Gasteiger partial charge in [-0.05, 0) is 30.7 Å². The second kappa shape index (κ2) is 5.12. The topological polar surface area (TPSA) is 9.23 Å². The minimum absolute atomic E-state index is 0.0306. The van der Waals surface area contributed by atoms with Crippen LogP contribution in [-0.2, 0) is 0 Å². The molecule has 0 heterocycles. The number of allylic oxidation sites excluding steroid dienone is 1. The molecule has 1 nitrogen and oxygen atoms in total. The van der Waals surface area contributed by atoms with Crippen LogP contribution in [0.2, 0.25) is 5.02 Å². The molecule has 4 heteroatoms. The number of hydrogen-bond acceptors (Lipinski definition) is 1. The van der Waals surface area contributed by atoms with Crippen molar-refractivity contribution in [3.8, 4) is 5.75 Å². The number of hydrogen-bond donors (Lipinski definition) is 0. The molecule has 0 saturated carbocycles. The SMILES string of the molecule is [CH2]C(C=C)c1cc(Cl)cc(OC(F)F)c1. The third-order valence-corrected chi connectivity index (χ3v) is 2.05. The van der Waals surface area contributed by atoms with Crippen LogP contribution in [0, 0.1) is 6.92 Å². The second-order valence-corrected chi connectivity index (χ2v) is 3.38. The molecular weight excluding hydrogens is 222 g/mol. The van der Waals surface area contributed by atoms with Gasteiger partial charge in [0.15, 0.2) is 0 Å². The third kappa shape index (κ3) is 3.51. The Morgan fingerprint density at radius 1 is 1.33 bits per heavy atom. The first-order valence-electron chi connectivity index (χ1n) is 4.24. The summed E-state index contributed by atoms with van der Waals surface area (Å²) in [5.41, 5.74) is 0.688. The zero-order valence-corrected chi connectivity index (χ0v) is 8.68. The molecule has 0 aromatic heterocycles. The Morgan fingerprint density at radius 3 is 2.53 bits per heavy atom. The summed E-state index contributed by atoms with van der Waals surface area (Å²) in [4.78, 5) is 0. The molecule has 81 valence electrons. The van der Waals surface area contributed by atoms with Crippen molar-refractivity contribution in [3.63, 3.8) is 0 Å².